The summed E-state index contributed by atoms with van der Waals surface area (Å²) in [6, 6.07) is 5.36. The molecule has 0 aliphatic heterocycles. The van der Waals surface area contributed by atoms with Gasteiger partial charge in [0.1, 0.15) is 6.54 Å². The third-order valence-electron chi connectivity index (χ3n) is 2.81. The maximum Gasteiger partial charge on any atom is 0.325 e. The smallest absolute Gasteiger partial charge is 0.325 e. The molecule has 0 unspecified atom stereocenters. The van der Waals surface area contributed by atoms with Crippen molar-refractivity contribution in [3.63, 3.8) is 0 Å². The minimum atomic E-state index is -0.480. The summed E-state index contributed by atoms with van der Waals surface area (Å²) in [5.41, 5.74) is 1.94. The fourth-order valence-electron chi connectivity index (χ4n) is 1.69. The van der Waals surface area contributed by atoms with Gasteiger partial charge in [-0.1, -0.05) is 23.5 Å². The fourth-order valence-corrected chi connectivity index (χ4v) is 1.69. The predicted molar refractivity (Wildman–Crippen MR) is 78.7 cm³/mol. The Morgan fingerprint density at radius 2 is 2.10 bits per heavy atom. The van der Waals surface area contributed by atoms with Crippen molar-refractivity contribution in [1.29, 1.82) is 0 Å². The molecule has 0 heterocycles. The molecule has 5 nitrogen and oxygen atoms in total. The van der Waals surface area contributed by atoms with Crippen molar-refractivity contribution < 1.29 is 19.4 Å². The van der Waals surface area contributed by atoms with E-state index in [4.69, 9.17) is 5.11 Å². The van der Waals surface area contributed by atoms with Gasteiger partial charge in [0.05, 0.1) is 19.3 Å². The first-order valence-electron chi connectivity index (χ1n) is 6.52. The number of nitrogens with zero attached hydrogens (tertiary/aromatic N) is 1. The molecule has 0 radical (unpaired) electrons. The summed E-state index contributed by atoms with van der Waals surface area (Å²) in [5, 5.41) is 8.75. The van der Waals surface area contributed by atoms with E-state index in [-0.39, 0.29) is 19.1 Å². The zero-order valence-corrected chi connectivity index (χ0v) is 12.5. The van der Waals surface area contributed by atoms with Gasteiger partial charge in [0, 0.05) is 19.0 Å². The Kier molecular flexibility index (Phi) is 6.44. The first kappa shape index (κ1) is 16.7. The molecule has 0 atom stereocenters. The van der Waals surface area contributed by atoms with Crippen LogP contribution < -0.4 is 0 Å². The monoisotopic (exact) mass is 289 g/mol. The van der Waals surface area contributed by atoms with Gasteiger partial charge >= 0.3 is 5.97 Å². The first-order valence-corrected chi connectivity index (χ1v) is 6.52. The van der Waals surface area contributed by atoms with Crippen molar-refractivity contribution in [3.05, 3.63) is 34.9 Å². The first-order chi connectivity index (χ1) is 9.99. The molecular weight excluding hydrogens is 270 g/mol. The molecule has 112 valence electrons. The van der Waals surface area contributed by atoms with E-state index in [1.165, 1.54) is 19.1 Å². The number of hydrogen-bond donors (Lipinski definition) is 1. The van der Waals surface area contributed by atoms with Gasteiger partial charge < -0.3 is 14.7 Å². The summed E-state index contributed by atoms with van der Waals surface area (Å²) in [6.07, 6.45) is 0.347. The Labute approximate surface area is 124 Å². The average molecular weight is 289 g/mol. The number of hydrogen-bond acceptors (Lipinski definition) is 4. The van der Waals surface area contributed by atoms with Crippen molar-refractivity contribution in [2.45, 2.75) is 13.3 Å². The van der Waals surface area contributed by atoms with E-state index in [2.05, 4.69) is 16.6 Å². The van der Waals surface area contributed by atoms with Gasteiger partial charge in [0.25, 0.3) is 5.91 Å². The number of carbonyl (C=O) groups excluding carboxylic acids is 2. The lowest BCUT2D eigenvalue weighted by Gasteiger charge is -2.17. The Morgan fingerprint density at radius 1 is 1.38 bits per heavy atom. The predicted octanol–water partition coefficient (Wildman–Crippen LogP) is 0.974. The van der Waals surface area contributed by atoms with Crippen LogP contribution in [-0.4, -0.2) is 49.2 Å². The van der Waals surface area contributed by atoms with Crippen LogP contribution in [0.3, 0.4) is 0 Å². The lowest BCUT2D eigenvalue weighted by atomic mass is 10.0. The fraction of sp³-hybridized carbons (Fsp3) is 0.375. The number of methoxy groups -OCH3 is 1. The van der Waals surface area contributed by atoms with Crippen LogP contribution in [0.15, 0.2) is 18.2 Å². The van der Waals surface area contributed by atoms with Gasteiger partial charge in [-0.05, 0) is 19.1 Å². The number of carbonyl (C=O) groups is 2. The van der Waals surface area contributed by atoms with Crippen LogP contribution in [0.4, 0.5) is 0 Å². The standard InChI is InChI=1S/C16H19NO4/c1-12-7-8-13(6-4-5-9-18)14(10-12)16(20)17(2)11-15(19)21-3/h7-8,10,18H,5,9,11H2,1-3H3. The summed E-state index contributed by atoms with van der Waals surface area (Å²) in [7, 11) is 2.81. The molecule has 0 aliphatic rings. The van der Waals surface area contributed by atoms with Gasteiger partial charge in [0.15, 0.2) is 0 Å². The zero-order chi connectivity index (χ0) is 15.8. The summed E-state index contributed by atoms with van der Waals surface area (Å²) < 4.78 is 4.55. The van der Waals surface area contributed by atoms with E-state index >= 15 is 0 Å². The maximum atomic E-state index is 12.4. The Bertz CT molecular complexity index is 584. The highest BCUT2D eigenvalue weighted by molar-refractivity contribution is 5.98. The number of esters is 1. The van der Waals surface area contributed by atoms with Gasteiger partial charge in [-0.15, -0.1) is 0 Å². The number of aliphatic hydroxyl groups is 1. The van der Waals surface area contributed by atoms with Gasteiger partial charge in [-0.2, -0.15) is 0 Å². The highest BCUT2D eigenvalue weighted by Gasteiger charge is 2.18. The largest absolute Gasteiger partial charge is 0.468 e. The third-order valence-corrected chi connectivity index (χ3v) is 2.81. The second-order valence-electron chi connectivity index (χ2n) is 4.56. The number of likely N-dealkylation sites (N-methyl/N-ethyl adjacent to an activating group) is 1. The highest BCUT2D eigenvalue weighted by atomic mass is 16.5. The van der Waals surface area contributed by atoms with E-state index in [9.17, 15) is 9.59 Å². The van der Waals surface area contributed by atoms with E-state index in [0.717, 1.165) is 5.56 Å². The van der Waals surface area contributed by atoms with Crippen LogP contribution in [0.2, 0.25) is 0 Å². The molecule has 5 heteroatoms. The number of benzene rings is 1. The Hall–Kier alpha value is -2.32. The molecule has 1 N–H and O–H groups in total. The van der Waals surface area contributed by atoms with Crippen molar-refractivity contribution in [1.82, 2.24) is 4.90 Å². The summed E-state index contributed by atoms with van der Waals surface area (Å²) in [4.78, 5) is 24.9. The number of aryl methyl sites for hydroxylation is 1. The molecule has 0 saturated carbocycles. The van der Waals surface area contributed by atoms with Gasteiger partial charge in [-0.25, -0.2) is 0 Å². The highest BCUT2D eigenvalue weighted by Crippen LogP contribution is 2.13. The molecule has 1 amide bonds. The van der Waals surface area contributed by atoms with Crippen LogP contribution in [0.1, 0.15) is 27.9 Å². The number of aliphatic hydroxyl groups excluding tert-OH is 1. The van der Waals surface area contributed by atoms with Crippen LogP contribution >= 0.6 is 0 Å². The van der Waals surface area contributed by atoms with Crippen LogP contribution in [-0.2, 0) is 9.53 Å². The van der Waals surface area contributed by atoms with Gasteiger partial charge in [-0.3, -0.25) is 9.59 Å². The molecule has 21 heavy (non-hydrogen) atoms. The summed E-state index contributed by atoms with van der Waals surface area (Å²) in [6.45, 7) is 1.74. The summed E-state index contributed by atoms with van der Waals surface area (Å²) >= 11 is 0. The second kappa shape index (κ2) is 8.08. The van der Waals surface area contributed by atoms with E-state index in [1.54, 1.807) is 12.1 Å². The molecule has 0 aromatic heterocycles. The lowest BCUT2D eigenvalue weighted by Crippen LogP contribution is -2.33. The SMILES string of the molecule is COC(=O)CN(C)C(=O)c1cc(C)ccc1C#CCCO. The van der Waals surface area contributed by atoms with Crippen molar-refractivity contribution >= 4 is 11.9 Å². The minimum Gasteiger partial charge on any atom is -0.468 e. The van der Waals surface area contributed by atoms with E-state index in [1.807, 2.05) is 13.0 Å². The van der Waals surface area contributed by atoms with E-state index < -0.39 is 5.97 Å². The van der Waals surface area contributed by atoms with E-state index in [0.29, 0.717) is 17.5 Å². The molecule has 1 rings (SSSR count). The molecule has 0 spiro atoms. The normalized spacial score (nSPS) is 9.52. The molecular formula is C16H19NO4. The van der Waals surface area contributed by atoms with Crippen molar-refractivity contribution in [2.75, 3.05) is 27.3 Å². The van der Waals surface area contributed by atoms with Crippen LogP contribution in [0.5, 0.6) is 0 Å². The van der Waals surface area contributed by atoms with Crippen molar-refractivity contribution in [3.8, 4) is 11.8 Å². The number of amides is 1. The quantitative estimate of drug-likeness (QED) is 0.662. The molecule has 0 saturated heterocycles. The topological polar surface area (TPSA) is 66.8 Å². The molecule has 0 bridgehead atoms. The van der Waals surface area contributed by atoms with Crippen LogP contribution in [0.25, 0.3) is 0 Å². The lowest BCUT2D eigenvalue weighted by molar-refractivity contribution is -0.141. The third kappa shape index (κ3) is 4.93. The van der Waals surface area contributed by atoms with Gasteiger partial charge in [0.2, 0.25) is 0 Å². The number of rotatable bonds is 4. The summed E-state index contributed by atoms with van der Waals surface area (Å²) in [5.74, 6) is 4.89. The average Bonchev–Trinajstić information content (AvgIpc) is 2.47. The molecule has 0 aliphatic carbocycles. The maximum absolute atomic E-state index is 12.4. The minimum absolute atomic E-state index is 0.0234. The molecule has 1 aromatic rings. The number of ether oxygens (including phenoxy) is 1. The van der Waals surface area contributed by atoms with Crippen LogP contribution in [0, 0.1) is 18.8 Å². The molecule has 1 aromatic carbocycles. The molecule has 0 fully saturated rings. The Morgan fingerprint density at radius 3 is 2.71 bits per heavy atom. The Balaban J connectivity index is 3.04. The zero-order valence-electron chi connectivity index (χ0n) is 12.5. The second-order valence-corrected chi connectivity index (χ2v) is 4.56. The van der Waals surface area contributed by atoms with Crippen molar-refractivity contribution in [2.24, 2.45) is 0 Å².